The van der Waals surface area contributed by atoms with Crippen LogP contribution in [0.1, 0.15) is 30.5 Å². The summed E-state index contributed by atoms with van der Waals surface area (Å²) in [4.78, 5) is 10.6. The van der Waals surface area contributed by atoms with Crippen molar-refractivity contribution < 1.29 is 28.4 Å². The number of pyridine rings is 1. The number of methoxy groups -OCH3 is 3. The molecule has 206 valence electrons. The number of allylic oxidation sites excluding steroid dienone is 2. The lowest BCUT2D eigenvalue weighted by Crippen LogP contribution is -2.41. The van der Waals surface area contributed by atoms with E-state index in [1.165, 1.54) is 28.8 Å². The van der Waals surface area contributed by atoms with Crippen LogP contribution in [0.2, 0.25) is 0 Å². The Labute approximate surface area is 233 Å². The molecule has 0 amide bonds. The summed E-state index contributed by atoms with van der Waals surface area (Å²) in [6.45, 7) is 5.30. The topological polar surface area (TPSA) is 83.9 Å². The van der Waals surface area contributed by atoms with Gasteiger partial charge in [-0.3, -0.25) is 10.1 Å². The summed E-state index contributed by atoms with van der Waals surface area (Å²) in [6.07, 6.45) is 6.00. The van der Waals surface area contributed by atoms with E-state index >= 15 is 0 Å². The SMILES string of the molecule is COc1cc2c(cc1OCc1ccc([N+](=O)[O-])cc1)CC[n+]1cc3c(OC)c(OC)ccc3c(CC=C(C)C)c1-2. The zero-order valence-electron chi connectivity index (χ0n) is 23.4. The minimum Gasteiger partial charge on any atom is -0.493 e. The average Bonchev–Trinajstić information content (AvgIpc) is 2.96. The Kier molecular flexibility index (Phi) is 7.60. The molecule has 40 heavy (non-hydrogen) atoms. The molecule has 2 heterocycles. The van der Waals surface area contributed by atoms with Crippen LogP contribution in [-0.2, 0) is 26.0 Å². The quantitative estimate of drug-likeness (QED) is 0.106. The molecule has 0 saturated heterocycles. The maximum Gasteiger partial charge on any atom is 0.269 e. The Morgan fingerprint density at radius 2 is 1.70 bits per heavy atom. The zero-order valence-corrected chi connectivity index (χ0v) is 23.4. The number of hydrogen-bond donors (Lipinski definition) is 0. The van der Waals surface area contributed by atoms with Crippen molar-refractivity contribution in [2.45, 2.75) is 39.8 Å². The van der Waals surface area contributed by atoms with Gasteiger partial charge in [0.2, 0.25) is 5.69 Å². The van der Waals surface area contributed by atoms with Gasteiger partial charge in [-0.05, 0) is 67.8 Å². The molecule has 0 N–H and O–H groups in total. The number of aromatic nitrogens is 1. The third kappa shape index (κ3) is 5.04. The molecule has 8 heteroatoms. The van der Waals surface area contributed by atoms with Gasteiger partial charge in [-0.25, -0.2) is 0 Å². The van der Waals surface area contributed by atoms with E-state index in [-0.39, 0.29) is 12.3 Å². The van der Waals surface area contributed by atoms with Crippen LogP contribution in [0.15, 0.2) is 66.4 Å². The van der Waals surface area contributed by atoms with Crippen LogP contribution in [0.25, 0.3) is 22.0 Å². The van der Waals surface area contributed by atoms with Crippen LogP contribution in [0.3, 0.4) is 0 Å². The lowest BCUT2D eigenvalue weighted by molar-refractivity contribution is -0.686. The third-order valence-electron chi connectivity index (χ3n) is 7.29. The number of fused-ring (bicyclic) bond motifs is 4. The average molecular weight is 542 g/mol. The van der Waals surface area contributed by atoms with Crippen molar-refractivity contribution in [2.75, 3.05) is 21.3 Å². The lowest BCUT2D eigenvalue weighted by Gasteiger charge is -2.22. The van der Waals surface area contributed by atoms with E-state index in [1.807, 2.05) is 6.07 Å². The number of ether oxygens (including phenoxy) is 4. The Morgan fingerprint density at radius 3 is 2.35 bits per heavy atom. The molecule has 4 aromatic rings. The van der Waals surface area contributed by atoms with Gasteiger partial charge >= 0.3 is 0 Å². The number of non-ortho nitro benzene ring substituents is 1. The van der Waals surface area contributed by atoms with E-state index in [2.05, 4.69) is 48.9 Å². The molecule has 0 bridgehead atoms. The predicted octanol–water partition coefficient (Wildman–Crippen LogP) is 6.37. The van der Waals surface area contributed by atoms with Crippen LogP contribution in [0, 0.1) is 10.1 Å². The highest BCUT2D eigenvalue weighted by molar-refractivity contribution is 5.95. The van der Waals surface area contributed by atoms with Crippen LogP contribution in [0.5, 0.6) is 23.0 Å². The van der Waals surface area contributed by atoms with E-state index in [1.54, 1.807) is 33.5 Å². The van der Waals surface area contributed by atoms with E-state index in [9.17, 15) is 10.1 Å². The van der Waals surface area contributed by atoms with Crippen molar-refractivity contribution in [3.8, 4) is 34.3 Å². The fraction of sp³-hybridized carbons (Fsp3) is 0.281. The molecule has 0 saturated carbocycles. The number of hydrogen-bond acceptors (Lipinski definition) is 6. The number of aryl methyl sites for hydroxylation is 2. The van der Waals surface area contributed by atoms with E-state index in [0.29, 0.717) is 17.2 Å². The maximum atomic E-state index is 11.0. The number of benzene rings is 3. The van der Waals surface area contributed by atoms with Crippen LogP contribution in [0.4, 0.5) is 5.69 Å². The van der Waals surface area contributed by atoms with Gasteiger partial charge in [0.1, 0.15) is 6.61 Å². The Balaban J connectivity index is 1.60. The highest BCUT2D eigenvalue weighted by Crippen LogP contribution is 2.43. The van der Waals surface area contributed by atoms with Gasteiger partial charge in [0, 0.05) is 29.5 Å². The van der Waals surface area contributed by atoms with Gasteiger partial charge in [-0.1, -0.05) is 11.6 Å². The second-order valence-corrected chi connectivity index (χ2v) is 10.0. The predicted molar refractivity (Wildman–Crippen MR) is 154 cm³/mol. The number of nitro groups is 1. The van der Waals surface area contributed by atoms with Gasteiger partial charge in [0.05, 0.1) is 37.2 Å². The number of nitrogens with zero attached hydrogens (tertiary/aromatic N) is 2. The van der Waals surface area contributed by atoms with Gasteiger partial charge < -0.3 is 18.9 Å². The fourth-order valence-corrected chi connectivity index (χ4v) is 5.29. The van der Waals surface area contributed by atoms with Crippen LogP contribution in [-0.4, -0.2) is 26.3 Å². The molecule has 1 aliphatic rings. The summed E-state index contributed by atoms with van der Waals surface area (Å²) in [5.41, 5.74) is 6.79. The first kappa shape index (κ1) is 27.0. The van der Waals surface area contributed by atoms with Gasteiger partial charge in [-0.15, -0.1) is 0 Å². The molecule has 5 rings (SSSR count). The molecular weight excluding hydrogens is 508 g/mol. The molecule has 0 aliphatic carbocycles. The number of nitro benzene ring substituents is 1. The molecule has 8 nitrogen and oxygen atoms in total. The summed E-state index contributed by atoms with van der Waals surface area (Å²) < 4.78 is 25.6. The summed E-state index contributed by atoms with van der Waals surface area (Å²) in [6, 6.07) is 14.6. The molecule has 0 fully saturated rings. The highest BCUT2D eigenvalue weighted by atomic mass is 16.6. The molecular formula is C32H33N2O6+. The normalized spacial score (nSPS) is 11.8. The van der Waals surface area contributed by atoms with Crippen molar-refractivity contribution in [3.63, 3.8) is 0 Å². The van der Waals surface area contributed by atoms with Crippen molar-refractivity contribution in [1.82, 2.24) is 0 Å². The summed E-state index contributed by atoms with van der Waals surface area (Å²) in [5.74, 6) is 2.71. The van der Waals surface area contributed by atoms with E-state index in [0.717, 1.165) is 52.7 Å². The Morgan fingerprint density at radius 1 is 0.950 bits per heavy atom. The maximum absolute atomic E-state index is 11.0. The third-order valence-corrected chi connectivity index (χ3v) is 7.29. The summed E-state index contributed by atoms with van der Waals surface area (Å²) in [7, 11) is 4.97. The second kappa shape index (κ2) is 11.3. The van der Waals surface area contributed by atoms with Gasteiger partial charge in [-0.2, -0.15) is 4.57 Å². The number of rotatable bonds is 9. The molecule has 1 aromatic heterocycles. The fourth-order valence-electron chi connectivity index (χ4n) is 5.29. The smallest absolute Gasteiger partial charge is 0.269 e. The molecule has 0 spiro atoms. The monoisotopic (exact) mass is 541 g/mol. The first-order valence-corrected chi connectivity index (χ1v) is 13.1. The summed E-state index contributed by atoms with van der Waals surface area (Å²) >= 11 is 0. The largest absolute Gasteiger partial charge is 0.493 e. The molecule has 0 atom stereocenters. The van der Waals surface area contributed by atoms with Crippen molar-refractivity contribution >= 4 is 16.5 Å². The molecule has 0 radical (unpaired) electrons. The first-order valence-electron chi connectivity index (χ1n) is 13.1. The molecule has 1 aliphatic heterocycles. The lowest BCUT2D eigenvalue weighted by atomic mass is 9.89. The van der Waals surface area contributed by atoms with Gasteiger partial charge in [0.25, 0.3) is 5.69 Å². The Hall–Kier alpha value is -4.59. The van der Waals surface area contributed by atoms with Crippen molar-refractivity contribution in [3.05, 3.63) is 93.2 Å². The molecule has 0 unspecified atom stereocenters. The second-order valence-electron chi connectivity index (χ2n) is 10.0. The van der Waals surface area contributed by atoms with Crippen molar-refractivity contribution in [2.24, 2.45) is 0 Å². The van der Waals surface area contributed by atoms with E-state index < -0.39 is 4.92 Å². The molecule has 3 aromatic carbocycles. The highest BCUT2D eigenvalue weighted by Gasteiger charge is 2.31. The minimum atomic E-state index is -0.408. The van der Waals surface area contributed by atoms with Crippen LogP contribution < -0.4 is 23.5 Å². The zero-order chi connectivity index (χ0) is 28.4. The van der Waals surface area contributed by atoms with Crippen molar-refractivity contribution in [1.29, 1.82) is 0 Å². The van der Waals surface area contributed by atoms with Gasteiger partial charge in [0.15, 0.2) is 35.7 Å². The van der Waals surface area contributed by atoms with Crippen LogP contribution >= 0.6 is 0 Å². The minimum absolute atomic E-state index is 0.0544. The summed E-state index contributed by atoms with van der Waals surface area (Å²) in [5, 5.41) is 13.1. The standard InChI is InChI=1S/C32H33N2O6/c1-20(2)6-11-25-24-12-13-28(37-3)32(39-5)27(24)18-33-15-14-22-16-30(29(38-4)17-26(22)31(25)33)40-19-21-7-9-23(10-8-21)34(35)36/h6-10,12-13,16-18H,11,14-15,19H2,1-5H3/q+1. The Bertz CT molecular complexity index is 1620. The van der Waals surface area contributed by atoms with E-state index in [4.69, 9.17) is 18.9 Å². The first-order chi connectivity index (χ1) is 19.3.